The molecule has 1 fully saturated rings. The number of amides is 2. The molecular formula is C19H23FN4O4S. The number of halogens is 1. The third-order valence-corrected chi connectivity index (χ3v) is 5.45. The second-order valence-corrected chi connectivity index (χ2v) is 8.93. The van der Waals surface area contributed by atoms with Gasteiger partial charge in [0.15, 0.2) is 11.0 Å². The maximum absolute atomic E-state index is 14.4. The highest BCUT2D eigenvalue weighted by Crippen LogP contribution is 2.29. The average Bonchev–Trinajstić information content (AvgIpc) is 3.31. The molecule has 29 heavy (non-hydrogen) atoms. The number of carbonyl (C=O) groups is 2. The highest BCUT2D eigenvalue weighted by Gasteiger charge is 2.27. The summed E-state index contributed by atoms with van der Waals surface area (Å²) in [7, 11) is 0. The first-order valence-corrected chi connectivity index (χ1v) is 10.0. The van der Waals surface area contributed by atoms with Gasteiger partial charge in [-0.25, -0.2) is 19.2 Å². The fraction of sp³-hybridized carbons (Fsp3) is 0.474. The van der Waals surface area contributed by atoms with E-state index in [1.807, 2.05) is 20.8 Å². The van der Waals surface area contributed by atoms with E-state index in [1.54, 1.807) is 4.90 Å². The molecule has 0 atom stereocenters. The van der Waals surface area contributed by atoms with Crippen molar-refractivity contribution in [2.75, 3.05) is 18.4 Å². The van der Waals surface area contributed by atoms with Crippen molar-refractivity contribution in [3.63, 3.8) is 0 Å². The van der Waals surface area contributed by atoms with Crippen LogP contribution in [-0.4, -0.2) is 45.1 Å². The molecule has 2 amide bonds. The van der Waals surface area contributed by atoms with Crippen LogP contribution in [0.5, 0.6) is 0 Å². The molecule has 3 rings (SSSR count). The van der Waals surface area contributed by atoms with E-state index in [0.717, 1.165) is 11.3 Å². The van der Waals surface area contributed by atoms with Gasteiger partial charge in [-0.2, -0.15) is 0 Å². The number of likely N-dealkylation sites (tertiary alicyclic amines) is 1. The molecule has 0 spiro atoms. The van der Waals surface area contributed by atoms with E-state index < -0.39 is 17.7 Å². The van der Waals surface area contributed by atoms with Gasteiger partial charge < -0.3 is 14.4 Å². The number of hydrogen-bond acceptors (Lipinski definition) is 6. The molecule has 1 saturated heterocycles. The summed E-state index contributed by atoms with van der Waals surface area (Å²) < 4.78 is 19.9. The number of thiazole rings is 1. The van der Waals surface area contributed by atoms with Gasteiger partial charge in [-0.15, -0.1) is 0 Å². The number of carboxylic acids is 1. The molecule has 156 valence electrons. The number of anilines is 1. The summed E-state index contributed by atoms with van der Waals surface area (Å²) in [6.07, 6.45) is 5.06. The Morgan fingerprint density at radius 1 is 1.31 bits per heavy atom. The predicted octanol–water partition coefficient (Wildman–Crippen LogP) is 4.22. The Bertz CT molecular complexity index is 923. The van der Waals surface area contributed by atoms with Crippen LogP contribution in [0.25, 0.3) is 11.9 Å². The number of nitrogens with zero attached hydrogens (tertiary/aromatic N) is 3. The normalized spacial score (nSPS) is 16.1. The Morgan fingerprint density at radius 3 is 2.59 bits per heavy atom. The van der Waals surface area contributed by atoms with Crippen LogP contribution >= 0.6 is 11.3 Å². The zero-order valence-corrected chi connectivity index (χ0v) is 17.3. The number of oxazole rings is 1. The summed E-state index contributed by atoms with van der Waals surface area (Å²) >= 11 is 1.12. The molecule has 0 unspecified atom stereocenters. The second-order valence-electron chi connectivity index (χ2n) is 7.87. The van der Waals surface area contributed by atoms with Crippen LogP contribution in [0.15, 0.2) is 16.8 Å². The molecule has 2 aromatic heterocycles. The summed E-state index contributed by atoms with van der Waals surface area (Å²) in [6, 6.07) is -0.346. The Kier molecular flexibility index (Phi) is 6.02. The summed E-state index contributed by atoms with van der Waals surface area (Å²) in [5.74, 6) is -1.38. The van der Waals surface area contributed by atoms with Gasteiger partial charge in [-0.05, 0) is 18.9 Å². The van der Waals surface area contributed by atoms with Gasteiger partial charge in [0, 0.05) is 24.7 Å². The number of carbonyl (C=O) groups excluding carboxylic acids is 1. The molecule has 0 bridgehead atoms. The van der Waals surface area contributed by atoms with E-state index in [0.29, 0.717) is 41.7 Å². The molecule has 0 radical (unpaired) electrons. The maximum Gasteiger partial charge on any atom is 0.323 e. The lowest BCUT2D eigenvalue weighted by Gasteiger charge is -2.29. The van der Waals surface area contributed by atoms with Gasteiger partial charge in [-0.1, -0.05) is 32.1 Å². The highest BCUT2D eigenvalue weighted by molar-refractivity contribution is 7.16. The highest BCUT2D eigenvalue weighted by atomic mass is 32.1. The van der Waals surface area contributed by atoms with E-state index >= 15 is 0 Å². The lowest BCUT2D eigenvalue weighted by Crippen LogP contribution is -2.42. The molecule has 0 aromatic carbocycles. The van der Waals surface area contributed by atoms with E-state index in [9.17, 15) is 14.0 Å². The van der Waals surface area contributed by atoms with Gasteiger partial charge in [0.25, 0.3) is 5.89 Å². The van der Waals surface area contributed by atoms with Crippen LogP contribution in [0.4, 0.5) is 14.3 Å². The molecule has 1 aliphatic rings. The minimum atomic E-state index is -0.830. The molecule has 8 nitrogen and oxygen atoms in total. The Hall–Kier alpha value is -2.75. The van der Waals surface area contributed by atoms with Crippen LogP contribution < -0.4 is 5.32 Å². The molecule has 1 aliphatic heterocycles. The zero-order valence-electron chi connectivity index (χ0n) is 16.4. The fourth-order valence-electron chi connectivity index (χ4n) is 2.83. The topological polar surface area (TPSA) is 109 Å². The molecule has 0 aliphatic carbocycles. The summed E-state index contributed by atoms with van der Waals surface area (Å²) in [5.41, 5.74) is -0.271. The first-order valence-electron chi connectivity index (χ1n) is 9.22. The van der Waals surface area contributed by atoms with E-state index in [-0.39, 0.29) is 17.3 Å². The van der Waals surface area contributed by atoms with Gasteiger partial charge >= 0.3 is 12.0 Å². The van der Waals surface area contributed by atoms with Crippen molar-refractivity contribution in [1.82, 2.24) is 14.9 Å². The lowest BCUT2D eigenvalue weighted by molar-refractivity contribution is -0.143. The predicted molar refractivity (Wildman–Crippen MR) is 107 cm³/mol. The smallest absolute Gasteiger partial charge is 0.323 e. The van der Waals surface area contributed by atoms with Crippen molar-refractivity contribution in [3.05, 3.63) is 28.9 Å². The largest absolute Gasteiger partial charge is 0.481 e. The monoisotopic (exact) mass is 422 g/mol. The van der Waals surface area contributed by atoms with Crippen LogP contribution in [0.1, 0.15) is 50.1 Å². The fourth-order valence-corrected chi connectivity index (χ4v) is 3.56. The van der Waals surface area contributed by atoms with Crippen molar-refractivity contribution in [2.45, 2.75) is 39.0 Å². The number of nitrogens with one attached hydrogen (secondary N) is 1. The Morgan fingerprint density at radius 2 is 2.00 bits per heavy atom. The number of urea groups is 1. The number of aromatic nitrogens is 2. The first-order chi connectivity index (χ1) is 13.6. The van der Waals surface area contributed by atoms with Gasteiger partial charge in [0.2, 0.25) is 0 Å². The summed E-state index contributed by atoms with van der Waals surface area (Å²) in [4.78, 5) is 33.4. The second kappa shape index (κ2) is 8.32. The third-order valence-electron chi connectivity index (χ3n) is 4.59. The SMILES string of the molecule is CC(C)(C)c1cnc(/C(F)=C\c2cnc(NC(=O)N3CCC(C(=O)O)CC3)s2)o1. The van der Waals surface area contributed by atoms with Gasteiger partial charge in [0.05, 0.1) is 17.0 Å². The minimum absolute atomic E-state index is 0.102. The number of rotatable bonds is 4. The molecule has 3 heterocycles. The first kappa shape index (κ1) is 21.0. The van der Waals surface area contributed by atoms with Crippen molar-refractivity contribution < 1.29 is 23.5 Å². The van der Waals surface area contributed by atoms with E-state index in [1.165, 1.54) is 18.5 Å². The maximum atomic E-state index is 14.4. The molecule has 2 N–H and O–H groups in total. The zero-order chi connectivity index (χ0) is 21.2. The van der Waals surface area contributed by atoms with E-state index in [2.05, 4.69) is 15.3 Å². The van der Waals surface area contributed by atoms with Crippen molar-refractivity contribution in [3.8, 4) is 0 Å². The standard InChI is InChI=1S/C19H23FN4O4S/c1-19(2,3)14-10-21-15(28-14)13(20)8-12-9-22-17(29-12)23-18(27)24-6-4-11(5-7-24)16(25)26/h8-11H,4-7H2,1-3H3,(H,25,26)(H,22,23,27)/b13-8+. The van der Waals surface area contributed by atoms with Gasteiger partial charge in [0.1, 0.15) is 5.76 Å². The van der Waals surface area contributed by atoms with Crippen LogP contribution in [-0.2, 0) is 10.2 Å². The van der Waals surface area contributed by atoms with Crippen LogP contribution in [0.3, 0.4) is 0 Å². The van der Waals surface area contributed by atoms with Crippen molar-refractivity contribution in [1.29, 1.82) is 0 Å². The summed E-state index contributed by atoms with van der Waals surface area (Å²) in [5, 5.41) is 12.0. The Labute approximate surface area is 171 Å². The van der Waals surface area contributed by atoms with Crippen molar-refractivity contribution in [2.24, 2.45) is 5.92 Å². The average molecular weight is 422 g/mol. The molecule has 2 aromatic rings. The third kappa shape index (κ3) is 5.20. The van der Waals surface area contributed by atoms with Gasteiger partial charge in [-0.3, -0.25) is 10.1 Å². The molecule has 0 saturated carbocycles. The number of hydrogen-bond donors (Lipinski definition) is 2. The minimum Gasteiger partial charge on any atom is -0.481 e. The molecule has 10 heteroatoms. The Balaban J connectivity index is 1.60. The van der Waals surface area contributed by atoms with Crippen LogP contribution in [0.2, 0.25) is 0 Å². The van der Waals surface area contributed by atoms with Crippen molar-refractivity contribution >= 4 is 40.4 Å². The number of carboxylic acid groups (broad SMARTS) is 1. The summed E-state index contributed by atoms with van der Waals surface area (Å²) in [6.45, 7) is 6.58. The van der Waals surface area contributed by atoms with Crippen LogP contribution in [0, 0.1) is 5.92 Å². The lowest BCUT2D eigenvalue weighted by atomic mass is 9.94. The number of aliphatic carboxylic acids is 1. The quantitative estimate of drug-likeness (QED) is 0.763. The van der Waals surface area contributed by atoms with E-state index in [4.69, 9.17) is 9.52 Å². The molecular weight excluding hydrogens is 399 g/mol. The number of piperidine rings is 1.